The van der Waals surface area contributed by atoms with E-state index in [2.05, 4.69) is 0 Å². The van der Waals surface area contributed by atoms with Crippen molar-refractivity contribution in [1.29, 1.82) is 31.6 Å². The van der Waals surface area contributed by atoms with Crippen LogP contribution in [0.5, 0.6) is 0 Å². The summed E-state index contributed by atoms with van der Waals surface area (Å²) in [5, 5.41) is 56.4. The topological polar surface area (TPSA) is 143 Å². The summed E-state index contributed by atoms with van der Waals surface area (Å²) < 4.78 is 164. The van der Waals surface area contributed by atoms with E-state index in [4.69, 9.17) is 15.8 Å². The standard InChI is InChI=1S/C31H3F11N6.C2H6/c1-8-9(2-43)22(33)27(38)18(21(8)32)10(3-44)15-16(11(4-45)19-28(39)23(34)13(6-47)24(35)29(19)40)17(15)12(5-46)20-30(41)25(36)14(7-48)26(37)31(20)42;1-2/h1H3;1-2H3/b15-10?,16-11-,17-12+;. The third-order valence-electron chi connectivity index (χ3n) is 6.94. The molecule has 1 saturated carbocycles. The van der Waals surface area contributed by atoms with Gasteiger partial charge in [-0.15, -0.1) is 0 Å². The zero-order valence-electron chi connectivity index (χ0n) is 24.8. The molecule has 0 bridgehead atoms. The van der Waals surface area contributed by atoms with Gasteiger partial charge in [0, 0.05) is 22.3 Å². The summed E-state index contributed by atoms with van der Waals surface area (Å²) in [5.74, 6) is -25.7. The molecule has 0 aliphatic heterocycles. The van der Waals surface area contributed by atoms with E-state index in [1.807, 2.05) is 13.8 Å². The van der Waals surface area contributed by atoms with Gasteiger partial charge in [-0.05, 0) is 6.92 Å². The number of hydrogen-bond acceptors (Lipinski definition) is 6. The van der Waals surface area contributed by atoms with E-state index in [0.717, 1.165) is 43.3 Å². The van der Waals surface area contributed by atoms with Gasteiger partial charge in [-0.3, -0.25) is 0 Å². The smallest absolute Gasteiger partial charge is 0.180 e. The van der Waals surface area contributed by atoms with Gasteiger partial charge in [0.25, 0.3) is 0 Å². The molecule has 0 heterocycles. The third kappa shape index (κ3) is 5.34. The summed E-state index contributed by atoms with van der Waals surface area (Å²) in [6.45, 7) is 4.72. The molecule has 248 valence electrons. The Kier molecular flexibility index (Phi) is 10.5. The van der Waals surface area contributed by atoms with Crippen molar-refractivity contribution in [3.05, 3.63) is 120 Å². The van der Waals surface area contributed by atoms with Crippen molar-refractivity contribution >= 4 is 16.7 Å². The minimum absolute atomic E-state index is 0.724. The van der Waals surface area contributed by atoms with Crippen LogP contribution in [0.15, 0.2) is 16.7 Å². The quantitative estimate of drug-likeness (QED) is 0.153. The molecule has 0 aromatic heterocycles. The Hall–Kier alpha value is -6.95. The molecule has 1 aliphatic rings. The van der Waals surface area contributed by atoms with E-state index in [1.54, 1.807) is 0 Å². The fourth-order valence-corrected chi connectivity index (χ4v) is 4.68. The molecule has 6 nitrogen and oxygen atoms in total. The van der Waals surface area contributed by atoms with Crippen molar-refractivity contribution in [2.75, 3.05) is 0 Å². The molecule has 3 aromatic rings. The number of benzene rings is 3. The van der Waals surface area contributed by atoms with Gasteiger partial charge in [-0.1, -0.05) is 13.8 Å². The second-order valence-electron chi connectivity index (χ2n) is 9.25. The molecule has 0 atom stereocenters. The van der Waals surface area contributed by atoms with Gasteiger partial charge >= 0.3 is 0 Å². The minimum atomic E-state index is -2.47. The van der Waals surface area contributed by atoms with Crippen LogP contribution < -0.4 is 0 Å². The first-order valence-corrected chi connectivity index (χ1v) is 13.2. The summed E-state index contributed by atoms with van der Waals surface area (Å²) in [4.78, 5) is 0. The van der Waals surface area contributed by atoms with Gasteiger partial charge in [0.1, 0.15) is 53.4 Å². The Morgan fingerprint density at radius 1 is 0.360 bits per heavy atom. The molecule has 50 heavy (non-hydrogen) atoms. The van der Waals surface area contributed by atoms with Crippen LogP contribution in [-0.2, 0) is 0 Å². The van der Waals surface area contributed by atoms with Crippen LogP contribution >= 0.6 is 0 Å². The number of nitriles is 6. The molecule has 0 N–H and O–H groups in total. The second kappa shape index (κ2) is 14.0. The summed E-state index contributed by atoms with van der Waals surface area (Å²) >= 11 is 0. The highest BCUT2D eigenvalue weighted by Gasteiger charge is 2.46. The predicted octanol–water partition coefficient (Wildman–Crippen LogP) is 8.41. The highest BCUT2D eigenvalue weighted by Crippen LogP contribution is 2.57. The van der Waals surface area contributed by atoms with Gasteiger partial charge in [0.2, 0.25) is 0 Å². The van der Waals surface area contributed by atoms with E-state index < -0.39 is 136 Å². The number of rotatable bonds is 3. The van der Waals surface area contributed by atoms with Crippen molar-refractivity contribution in [1.82, 2.24) is 0 Å². The molecular formula is C33H9F11N6. The molecule has 0 spiro atoms. The van der Waals surface area contributed by atoms with Gasteiger partial charge in [-0.2, -0.15) is 31.6 Å². The fourth-order valence-electron chi connectivity index (χ4n) is 4.68. The lowest BCUT2D eigenvalue weighted by molar-refractivity contribution is 0.446. The summed E-state index contributed by atoms with van der Waals surface area (Å²) in [6.07, 6.45) is 0. The van der Waals surface area contributed by atoms with Crippen molar-refractivity contribution in [3.63, 3.8) is 0 Å². The molecule has 0 amide bonds. The van der Waals surface area contributed by atoms with Gasteiger partial charge in [0.15, 0.2) is 58.2 Å². The Balaban J connectivity index is 0.00000332. The van der Waals surface area contributed by atoms with Crippen molar-refractivity contribution in [2.45, 2.75) is 20.8 Å². The average Bonchev–Trinajstić information content (AvgIpc) is 3.83. The molecule has 0 unspecified atom stereocenters. The Labute approximate surface area is 273 Å². The number of hydrogen-bond donors (Lipinski definition) is 0. The molecule has 1 aliphatic carbocycles. The van der Waals surface area contributed by atoms with Crippen LogP contribution in [0, 0.1) is 139 Å². The summed E-state index contributed by atoms with van der Waals surface area (Å²) in [5.41, 5.74) is -20.3. The first kappa shape index (κ1) is 37.5. The molecule has 3 aromatic carbocycles. The molecular weight excluding hydrogens is 689 g/mol. The molecule has 0 saturated heterocycles. The molecule has 0 radical (unpaired) electrons. The Morgan fingerprint density at radius 2 is 0.580 bits per heavy atom. The van der Waals surface area contributed by atoms with E-state index in [0.29, 0.717) is 0 Å². The second-order valence-corrected chi connectivity index (χ2v) is 9.25. The van der Waals surface area contributed by atoms with Crippen LogP contribution in [0.2, 0.25) is 0 Å². The lowest BCUT2D eigenvalue weighted by Gasteiger charge is -2.09. The predicted molar refractivity (Wildman–Crippen MR) is 147 cm³/mol. The Morgan fingerprint density at radius 3 is 0.800 bits per heavy atom. The average molecular weight is 698 g/mol. The fraction of sp³-hybridized carbons (Fsp3) is 0.0909. The zero-order chi connectivity index (χ0) is 38.1. The lowest BCUT2D eigenvalue weighted by atomic mass is 9.96. The zero-order valence-corrected chi connectivity index (χ0v) is 24.8. The van der Waals surface area contributed by atoms with Gasteiger partial charge in [-0.25, -0.2) is 48.3 Å². The van der Waals surface area contributed by atoms with Crippen molar-refractivity contribution in [3.8, 4) is 36.4 Å². The van der Waals surface area contributed by atoms with Gasteiger partial charge < -0.3 is 0 Å². The minimum Gasteiger partial charge on any atom is -0.206 e. The number of halogens is 11. The number of allylic oxidation sites excluding steroid dienone is 6. The van der Waals surface area contributed by atoms with Crippen LogP contribution in [0.3, 0.4) is 0 Å². The SMILES string of the molecule is CC.Cc1c(F)c(C(C#N)=C2C(=C(/C#N)c3c(F)c(F)c(C#N)c(F)c3F)/C2=C(/C#N)c2c(F)c(F)c(C#N)c(F)c2F)c(F)c(F)c1C#N. The molecule has 1 fully saturated rings. The maximum atomic E-state index is 15.4. The van der Waals surface area contributed by atoms with Crippen molar-refractivity contribution in [2.24, 2.45) is 0 Å². The van der Waals surface area contributed by atoms with Crippen LogP contribution in [0.25, 0.3) is 16.7 Å². The molecule has 17 heteroatoms. The monoisotopic (exact) mass is 698 g/mol. The first-order valence-electron chi connectivity index (χ1n) is 13.2. The van der Waals surface area contributed by atoms with E-state index in [9.17, 15) is 37.7 Å². The summed E-state index contributed by atoms with van der Waals surface area (Å²) in [7, 11) is 0. The van der Waals surface area contributed by atoms with Crippen LogP contribution in [0.4, 0.5) is 48.3 Å². The van der Waals surface area contributed by atoms with Crippen LogP contribution in [0.1, 0.15) is 52.8 Å². The lowest BCUT2D eigenvalue weighted by Crippen LogP contribution is -2.06. The number of nitrogens with zero attached hydrogens (tertiary/aromatic N) is 6. The highest BCUT2D eigenvalue weighted by atomic mass is 19.2. The van der Waals surface area contributed by atoms with E-state index in [-0.39, 0.29) is 0 Å². The first-order chi connectivity index (χ1) is 23.6. The van der Waals surface area contributed by atoms with Crippen LogP contribution in [-0.4, -0.2) is 0 Å². The largest absolute Gasteiger partial charge is 0.206 e. The normalized spacial score (nSPS) is 14.4. The maximum Gasteiger partial charge on any atom is 0.180 e. The van der Waals surface area contributed by atoms with E-state index in [1.165, 1.54) is 0 Å². The maximum absolute atomic E-state index is 15.4. The van der Waals surface area contributed by atoms with Gasteiger partial charge in [0.05, 0.1) is 39.0 Å². The van der Waals surface area contributed by atoms with Crippen molar-refractivity contribution < 1.29 is 48.3 Å². The third-order valence-corrected chi connectivity index (χ3v) is 6.94. The highest BCUT2D eigenvalue weighted by molar-refractivity contribution is 6.12. The Bertz CT molecular complexity index is 2070. The molecule has 4 rings (SSSR count). The van der Waals surface area contributed by atoms with E-state index >= 15 is 26.3 Å². The summed E-state index contributed by atoms with van der Waals surface area (Å²) in [6, 6.07) is 5.92.